The maximum absolute atomic E-state index is 13.4. The number of non-ortho nitro benzene ring substituents is 1. The van der Waals surface area contributed by atoms with Crippen LogP contribution >= 0.6 is 31.9 Å². The van der Waals surface area contributed by atoms with Crippen molar-refractivity contribution >= 4 is 48.9 Å². The van der Waals surface area contributed by atoms with Gasteiger partial charge in [-0.15, -0.1) is 0 Å². The van der Waals surface area contributed by atoms with Crippen molar-refractivity contribution in [3.8, 4) is 5.75 Å². The standard InChI is InChI=1S/C13H9Br2FN2O3/c1-21-13-6-12(10(14)5-11(13)15)17-8-2-7(16)3-9(4-8)18(19)20/h2-6,17H,1H3. The zero-order valence-corrected chi connectivity index (χ0v) is 13.9. The van der Waals surface area contributed by atoms with E-state index in [1.165, 1.54) is 19.2 Å². The molecule has 1 N–H and O–H groups in total. The van der Waals surface area contributed by atoms with Crippen molar-refractivity contribution < 1.29 is 14.1 Å². The minimum absolute atomic E-state index is 0.270. The van der Waals surface area contributed by atoms with Gasteiger partial charge < -0.3 is 10.1 Å². The summed E-state index contributed by atoms with van der Waals surface area (Å²) in [7, 11) is 1.52. The summed E-state index contributed by atoms with van der Waals surface area (Å²) < 4.78 is 20.0. The molecule has 5 nitrogen and oxygen atoms in total. The van der Waals surface area contributed by atoms with Crippen LogP contribution in [0.25, 0.3) is 0 Å². The van der Waals surface area contributed by atoms with Gasteiger partial charge in [0.05, 0.1) is 28.3 Å². The maximum Gasteiger partial charge on any atom is 0.274 e. The van der Waals surface area contributed by atoms with E-state index in [1.807, 2.05) is 0 Å². The molecular formula is C13H9Br2FN2O3. The van der Waals surface area contributed by atoms with E-state index >= 15 is 0 Å². The first-order valence-corrected chi connectivity index (χ1v) is 7.24. The van der Waals surface area contributed by atoms with E-state index in [0.717, 1.165) is 10.5 Å². The van der Waals surface area contributed by atoms with Crippen LogP contribution in [0.1, 0.15) is 0 Å². The van der Waals surface area contributed by atoms with Crippen LogP contribution in [0.3, 0.4) is 0 Å². The van der Waals surface area contributed by atoms with Gasteiger partial charge in [0.15, 0.2) is 0 Å². The fourth-order valence-corrected chi connectivity index (χ4v) is 2.94. The Morgan fingerprint density at radius 1 is 1.19 bits per heavy atom. The fraction of sp³-hybridized carbons (Fsp3) is 0.0769. The number of anilines is 2. The van der Waals surface area contributed by atoms with E-state index in [2.05, 4.69) is 37.2 Å². The largest absolute Gasteiger partial charge is 0.495 e. The first kappa shape index (κ1) is 15.7. The number of nitro benzene ring substituents is 1. The smallest absolute Gasteiger partial charge is 0.274 e. The molecule has 0 aliphatic heterocycles. The number of nitrogens with one attached hydrogen (secondary N) is 1. The highest BCUT2D eigenvalue weighted by Crippen LogP contribution is 2.36. The molecule has 0 spiro atoms. The Labute approximate surface area is 136 Å². The lowest BCUT2D eigenvalue weighted by molar-refractivity contribution is -0.385. The second kappa shape index (κ2) is 6.40. The Hall–Kier alpha value is -1.67. The summed E-state index contributed by atoms with van der Waals surface area (Å²) in [5.41, 5.74) is 0.541. The second-order valence-electron chi connectivity index (χ2n) is 4.05. The van der Waals surface area contributed by atoms with E-state index in [9.17, 15) is 14.5 Å². The molecular weight excluding hydrogens is 411 g/mol. The highest BCUT2D eigenvalue weighted by molar-refractivity contribution is 9.11. The van der Waals surface area contributed by atoms with Gasteiger partial charge in [-0.2, -0.15) is 0 Å². The molecule has 21 heavy (non-hydrogen) atoms. The molecule has 0 atom stereocenters. The minimum atomic E-state index is -0.688. The second-order valence-corrected chi connectivity index (χ2v) is 5.76. The fourth-order valence-electron chi connectivity index (χ4n) is 1.69. The Kier molecular flexibility index (Phi) is 4.79. The quantitative estimate of drug-likeness (QED) is 0.558. The number of halogens is 3. The van der Waals surface area contributed by atoms with Crippen LogP contribution in [0, 0.1) is 15.9 Å². The van der Waals surface area contributed by atoms with Gasteiger partial charge in [0.25, 0.3) is 5.69 Å². The molecule has 0 heterocycles. The molecule has 0 radical (unpaired) electrons. The molecule has 8 heteroatoms. The maximum atomic E-state index is 13.4. The number of ether oxygens (including phenoxy) is 1. The predicted molar refractivity (Wildman–Crippen MR) is 84.7 cm³/mol. The summed E-state index contributed by atoms with van der Waals surface area (Å²) in [6, 6.07) is 6.74. The number of nitrogens with zero attached hydrogens (tertiary/aromatic N) is 1. The van der Waals surface area contributed by atoms with E-state index < -0.39 is 10.7 Å². The number of rotatable bonds is 4. The highest BCUT2D eigenvalue weighted by Gasteiger charge is 2.12. The van der Waals surface area contributed by atoms with Crippen LogP contribution in [0.5, 0.6) is 5.75 Å². The van der Waals surface area contributed by atoms with E-state index in [0.29, 0.717) is 15.9 Å². The average Bonchev–Trinajstić information content (AvgIpc) is 2.41. The van der Waals surface area contributed by atoms with Gasteiger partial charge in [0.1, 0.15) is 11.6 Å². The van der Waals surface area contributed by atoms with Crippen LogP contribution in [0.2, 0.25) is 0 Å². The molecule has 0 fully saturated rings. The summed E-state index contributed by atoms with van der Waals surface area (Å²) in [5, 5.41) is 13.7. The summed E-state index contributed by atoms with van der Waals surface area (Å²) in [4.78, 5) is 10.1. The van der Waals surface area contributed by atoms with Gasteiger partial charge in [-0.1, -0.05) is 0 Å². The average molecular weight is 420 g/mol. The normalized spacial score (nSPS) is 10.3. The minimum Gasteiger partial charge on any atom is -0.495 e. The number of benzene rings is 2. The SMILES string of the molecule is COc1cc(Nc2cc(F)cc([N+](=O)[O-])c2)c(Br)cc1Br. The first-order chi connectivity index (χ1) is 9.90. The molecule has 2 aromatic carbocycles. The molecule has 0 amide bonds. The predicted octanol–water partition coefficient (Wildman–Crippen LogP) is 5.01. The molecule has 2 rings (SSSR count). The molecule has 0 aliphatic carbocycles. The van der Waals surface area contributed by atoms with Gasteiger partial charge in [0.2, 0.25) is 0 Å². The van der Waals surface area contributed by atoms with Gasteiger partial charge in [-0.25, -0.2) is 4.39 Å². The topological polar surface area (TPSA) is 64.4 Å². The third-order valence-electron chi connectivity index (χ3n) is 2.61. The molecule has 0 aromatic heterocycles. The van der Waals surface area contributed by atoms with E-state index in [-0.39, 0.29) is 11.4 Å². The van der Waals surface area contributed by atoms with Gasteiger partial charge in [-0.05, 0) is 44.0 Å². The molecule has 0 aliphatic rings. The molecule has 0 unspecified atom stereocenters. The first-order valence-electron chi connectivity index (χ1n) is 5.65. The van der Waals surface area contributed by atoms with Crippen molar-refractivity contribution in [2.75, 3.05) is 12.4 Å². The van der Waals surface area contributed by atoms with Crippen molar-refractivity contribution in [1.29, 1.82) is 0 Å². The number of nitro groups is 1. The monoisotopic (exact) mass is 418 g/mol. The summed E-state index contributed by atoms with van der Waals surface area (Å²) in [6.07, 6.45) is 0. The van der Waals surface area contributed by atoms with Gasteiger partial charge >= 0.3 is 0 Å². The molecule has 110 valence electrons. The van der Waals surface area contributed by atoms with Crippen LogP contribution in [-0.2, 0) is 0 Å². The third kappa shape index (κ3) is 3.70. The lowest BCUT2D eigenvalue weighted by Crippen LogP contribution is -1.96. The zero-order valence-electron chi connectivity index (χ0n) is 10.7. The molecule has 0 saturated carbocycles. The van der Waals surface area contributed by atoms with E-state index in [4.69, 9.17) is 4.74 Å². The molecule has 2 aromatic rings. The van der Waals surface area contributed by atoms with Crippen molar-refractivity contribution in [2.24, 2.45) is 0 Å². The highest BCUT2D eigenvalue weighted by atomic mass is 79.9. The van der Waals surface area contributed by atoms with Crippen molar-refractivity contribution in [2.45, 2.75) is 0 Å². The Bertz CT molecular complexity index is 710. The number of hydrogen-bond donors (Lipinski definition) is 1. The summed E-state index contributed by atoms with van der Waals surface area (Å²) >= 11 is 6.70. The van der Waals surface area contributed by atoms with Gasteiger partial charge in [0, 0.05) is 22.3 Å². The van der Waals surface area contributed by atoms with Crippen molar-refractivity contribution in [3.63, 3.8) is 0 Å². The Morgan fingerprint density at radius 3 is 2.52 bits per heavy atom. The van der Waals surface area contributed by atoms with Crippen LogP contribution in [0.4, 0.5) is 21.5 Å². The summed E-state index contributed by atoms with van der Waals surface area (Å²) in [5.74, 6) is -0.112. The number of methoxy groups -OCH3 is 1. The van der Waals surface area contributed by atoms with Crippen molar-refractivity contribution in [1.82, 2.24) is 0 Å². The Balaban J connectivity index is 2.40. The van der Waals surface area contributed by atoms with Gasteiger partial charge in [-0.3, -0.25) is 10.1 Å². The van der Waals surface area contributed by atoms with Crippen molar-refractivity contribution in [3.05, 3.63) is 55.2 Å². The zero-order chi connectivity index (χ0) is 15.6. The summed E-state index contributed by atoms with van der Waals surface area (Å²) in [6.45, 7) is 0. The van der Waals surface area contributed by atoms with Crippen LogP contribution in [-0.4, -0.2) is 12.0 Å². The lowest BCUT2D eigenvalue weighted by atomic mass is 10.2. The Morgan fingerprint density at radius 2 is 1.90 bits per heavy atom. The molecule has 0 saturated heterocycles. The van der Waals surface area contributed by atoms with Crippen LogP contribution < -0.4 is 10.1 Å². The lowest BCUT2D eigenvalue weighted by Gasteiger charge is -2.12. The molecule has 0 bridgehead atoms. The third-order valence-corrected chi connectivity index (χ3v) is 3.89. The van der Waals surface area contributed by atoms with E-state index in [1.54, 1.807) is 12.1 Å². The van der Waals surface area contributed by atoms with Crippen LogP contribution in [0.15, 0.2) is 39.3 Å². The number of hydrogen-bond acceptors (Lipinski definition) is 4.